The monoisotopic (exact) mass is 229 g/mol. The van der Waals surface area contributed by atoms with Crippen molar-refractivity contribution in [1.82, 2.24) is 4.98 Å². The number of ether oxygens (including phenoxy) is 2. The van der Waals surface area contributed by atoms with Gasteiger partial charge < -0.3 is 9.47 Å². The average Bonchev–Trinajstić information content (AvgIpc) is 2.60. The fourth-order valence-corrected chi connectivity index (χ4v) is 1.88. The van der Waals surface area contributed by atoms with Crippen molar-refractivity contribution in [2.45, 2.75) is 13.3 Å². The minimum atomic E-state index is -0.0291. The highest BCUT2D eigenvalue weighted by molar-refractivity contribution is 7.09. The lowest BCUT2D eigenvalue weighted by atomic mass is 10.3. The summed E-state index contributed by atoms with van der Waals surface area (Å²) in [5.41, 5.74) is 2.87. The molecular weight excluding hydrogens is 214 g/mol. The van der Waals surface area contributed by atoms with Crippen molar-refractivity contribution >= 4 is 17.1 Å². The van der Waals surface area contributed by atoms with Gasteiger partial charge in [0.25, 0.3) is 0 Å². The first kappa shape index (κ1) is 12.3. The van der Waals surface area contributed by atoms with Gasteiger partial charge in [-0.1, -0.05) is 0 Å². The van der Waals surface area contributed by atoms with Crippen LogP contribution in [0.2, 0.25) is 0 Å². The molecule has 0 aromatic carbocycles. The standard InChI is InChI=1S/C10H15NO3S/c1-8-10(15-7-11-8)3-4-14-6-9(12)5-13-2/h7H,3-6H2,1-2H3. The molecule has 1 rings (SSSR count). The van der Waals surface area contributed by atoms with Crippen LogP contribution >= 0.6 is 11.3 Å². The third-order valence-corrected chi connectivity index (χ3v) is 2.88. The molecule has 0 saturated carbocycles. The zero-order valence-electron chi connectivity index (χ0n) is 8.99. The van der Waals surface area contributed by atoms with Crippen LogP contribution in [0.5, 0.6) is 0 Å². The van der Waals surface area contributed by atoms with Crippen molar-refractivity contribution in [3.05, 3.63) is 16.1 Å². The van der Waals surface area contributed by atoms with Gasteiger partial charge in [-0.15, -0.1) is 11.3 Å². The molecule has 0 unspecified atom stereocenters. The molecule has 0 N–H and O–H groups in total. The van der Waals surface area contributed by atoms with Crippen molar-refractivity contribution in [1.29, 1.82) is 0 Å². The van der Waals surface area contributed by atoms with E-state index in [1.54, 1.807) is 11.3 Å². The van der Waals surface area contributed by atoms with Crippen LogP contribution in [-0.2, 0) is 20.7 Å². The topological polar surface area (TPSA) is 48.4 Å². The van der Waals surface area contributed by atoms with Gasteiger partial charge in [0.15, 0.2) is 5.78 Å². The maximum absolute atomic E-state index is 11.0. The first-order valence-corrected chi connectivity index (χ1v) is 5.59. The smallest absolute Gasteiger partial charge is 0.183 e. The number of hydrogen-bond donors (Lipinski definition) is 0. The molecule has 0 radical (unpaired) electrons. The average molecular weight is 229 g/mol. The summed E-state index contributed by atoms with van der Waals surface area (Å²) in [6.45, 7) is 2.78. The summed E-state index contributed by atoms with van der Waals surface area (Å²) in [5.74, 6) is -0.0291. The molecule has 0 aliphatic rings. The number of aryl methyl sites for hydroxylation is 1. The molecule has 0 spiro atoms. The molecule has 0 aliphatic heterocycles. The van der Waals surface area contributed by atoms with Crippen molar-refractivity contribution < 1.29 is 14.3 Å². The van der Waals surface area contributed by atoms with Crippen LogP contribution in [0, 0.1) is 6.92 Å². The van der Waals surface area contributed by atoms with Crippen molar-refractivity contribution in [2.24, 2.45) is 0 Å². The number of carbonyl (C=O) groups is 1. The molecule has 1 aromatic heterocycles. The summed E-state index contributed by atoms with van der Waals surface area (Å²) in [7, 11) is 1.50. The summed E-state index contributed by atoms with van der Waals surface area (Å²) in [6, 6.07) is 0. The first-order chi connectivity index (χ1) is 7.24. The summed E-state index contributed by atoms with van der Waals surface area (Å²) in [5, 5.41) is 0. The number of rotatable bonds is 7. The van der Waals surface area contributed by atoms with Crippen molar-refractivity contribution in [2.75, 3.05) is 26.9 Å². The molecule has 84 valence electrons. The number of ketones is 1. The fraction of sp³-hybridized carbons (Fsp3) is 0.600. The minimum absolute atomic E-state index is 0.0291. The highest BCUT2D eigenvalue weighted by Gasteiger charge is 2.03. The van der Waals surface area contributed by atoms with E-state index < -0.39 is 0 Å². The predicted octanol–water partition coefficient (Wildman–Crippen LogP) is 1.23. The Bertz CT molecular complexity index is 311. The molecule has 1 aromatic rings. The summed E-state index contributed by atoms with van der Waals surface area (Å²) in [6.07, 6.45) is 0.816. The van der Waals surface area contributed by atoms with Gasteiger partial charge in [0.1, 0.15) is 13.2 Å². The molecule has 0 fully saturated rings. The van der Waals surface area contributed by atoms with Gasteiger partial charge >= 0.3 is 0 Å². The van der Waals surface area contributed by atoms with E-state index in [4.69, 9.17) is 4.74 Å². The largest absolute Gasteiger partial charge is 0.377 e. The normalized spacial score (nSPS) is 10.5. The lowest BCUT2D eigenvalue weighted by Gasteiger charge is -2.02. The van der Waals surface area contributed by atoms with E-state index in [1.165, 1.54) is 12.0 Å². The molecule has 0 atom stereocenters. The number of hydrogen-bond acceptors (Lipinski definition) is 5. The number of aromatic nitrogens is 1. The van der Waals surface area contributed by atoms with Gasteiger partial charge in [0, 0.05) is 18.4 Å². The van der Waals surface area contributed by atoms with E-state index in [0.717, 1.165) is 12.1 Å². The fourth-order valence-electron chi connectivity index (χ4n) is 1.12. The number of nitrogens with zero attached hydrogens (tertiary/aromatic N) is 1. The molecule has 5 heteroatoms. The highest BCUT2D eigenvalue weighted by atomic mass is 32.1. The lowest BCUT2D eigenvalue weighted by molar-refractivity contribution is -0.127. The zero-order valence-corrected chi connectivity index (χ0v) is 9.80. The third kappa shape index (κ3) is 4.51. The maximum atomic E-state index is 11.0. The molecule has 4 nitrogen and oxygen atoms in total. The van der Waals surface area contributed by atoms with E-state index >= 15 is 0 Å². The molecule has 0 bridgehead atoms. The first-order valence-electron chi connectivity index (χ1n) is 4.71. The molecule has 0 saturated heterocycles. The van der Waals surface area contributed by atoms with Crippen LogP contribution in [-0.4, -0.2) is 37.7 Å². The van der Waals surface area contributed by atoms with E-state index in [0.29, 0.717) is 6.61 Å². The molecular formula is C10H15NO3S. The second kappa shape index (κ2) is 6.66. The van der Waals surface area contributed by atoms with Crippen LogP contribution in [0.4, 0.5) is 0 Å². The van der Waals surface area contributed by atoms with Gasteiger partial charge in [-0.2, -0.15) is 0 Å². The van der Waals surface area contributed by atoms with Crippen LogP contribution in [0.15, 0.2) is 5.51 Å². The SMILES string of the molecule is COCC(=O)COCCc1scnc1C. The van der Waals surface area contributed by atoms with Crippen LogP contribution in [0.25, 0.3) is 0 Å². The van der Waals surface area contributed by atoms with Gasteiger partial charge in [0.05, 0.1) is 17.8 Å². The Kier molecular flexibility index (Phi) is 5.45. The summed E-state index contributed by atoms with van der Waals surface area (Å²) in [4.78, 5) is 16.4. The number of thiazole rings is 1. The number of Topliss-reactive ketones (excluding diaryl/α,β-unsaturated/α-hetero) is 1. The Morgan fingerprint density at radius 3 is 2.93 bits per heavy atom. The second-order valence-corrected chi connectivity index (χ2v) is 4.07. The van der Waals surface area contributed by atoms with Gasteiger partial charge in [-0.25, -0.2) is 4.98 Å². The molecule has 1 heterocycles. The minimum Gasteiger partial charge on any atom is -0.377 e. The Morgan fingerprint density at radius 1 is 1.53 bits per heavy atom. The Morgan fingerprint density at radius 2 is 2.33 bits per heavy atom. The number of carbonyl (C=O) groups excluding carboxylic acids is 1. The van der Waals surface area contributed by atoms with E-state index in [2.05, 4.69) is 9.72 Å². The molecule has 0 amide bonds. The van der Waals surface area contributed by atoms with Crippen LogP contribution in [0.1, 0.15) is 10.6 Å². The second-order valence-electron chi connectivity index (χ2n) is 3.14. The van der Waals surface area contributed by atoms with Crippen LogP contribution in [0.3, 0.4) is 0 Å². The summed E-state index contributed by atoms with van der Waals surface area (Å²) >= 11 is 1.62. The Balaban J connectivity index is 2.12. The van der Waals surface area contributed by atoms with Gasteiger partial charge in [-0.05, 0) is 6.92 Å². The van der Waals surface area contributed by atoms with E-state index in [9.17, 15) is 4.79 Å². The molecule has 0 aliphatic carbocycles. The Labute approximate surface area is 93.2 Å². The van der Waals surface area contributed by atoms with Crippen molar-refractivity contribution in [3.63, 3.8) is 0 Å². The summed E-state index contributed by atoms with van der Waals surface area (Å²) < 4.78 is 9.91. The lowest BCUT2D eigenvalue weighted by Crippen LogP contribution is -2.15. The molecule has 15 heavy (non-hydrogen) atoms. The quantitative estimate of drug-likeness (QED) is 0.660. The predicted molar refractivity (Wildman–Crippen MR) is 58.3 cm³/mol. The number of methoxy groups -OCH3 is 1. The highest BCUT2D eigenvalue weighted by Crippen LogP contribution is 2.12. The van der Waals surface area contributed by atoms with Gasteiger partial charge in [-0.3, -0.25) is 4.79 Å². The van der Waals surface area contributed by atoms with Crippen molar-refractivity contribution in [3.8, 4) is 0 Å². The van der Waals surface area contributed by atoms with E-state index in [1.807, 2.05) is 12.4 Å². The van der Waals surface area contributed by atoms with Gasteiger partial charge in [0.2, 0.25) is 0 Å². The Hall–Kier alpha value is -0.780. The zero-order chi connectivity index (χ0) is 11.1. The van der Waals surface area contributed by atoms with Crippen LogP contribution < -0.4 is 0 Å². The maximum Gasteiger partial charge on any atom is 0.183 e. The van der Waals surface area contributed by atoms with E-state index in [-0.39, 0.29) is 19.0 Å². The third-order valence-electron chi connectivity index (χ3n) is 1.89.